The molecule has 3 aromatic heterocycles. The molecule has 0 atom stereocenters. The van der Waals surface area contributed by atoms with Gasteiger partial charge < -0.3 is 4.98 Å². The van der Waals surface area contributed by atoms with Crippen LogP contribution in [0.15, 0.2) is 35.5 Å². The van der Waals surface area contributed by atoms with Gasteiger partial charge in [-0.3, -0.25) is 4.79 Å². The van der Waals surface area contributed by atoms with Gasteiger partial charge in [0.15, 0.2) is 5.52 Å². The van der Waals surface area contributed by atoms with Crippen LogP contribution in [0, 0.1) is 0 Å². The summed E-state index contributed by atoms with van der Waals surface area (Å²) in [6, 6.07) is 5.62. The predicted molar refractivity (Wildman–Crippen MR) is 51.1 cm³/mol. The summed E-state index contributed by atoms with van der Waals surface area (Å²) in [5, 5.41) is 4.13. The van der Waals surface area contributed by atoms with Crippen LogP contribution in [0.3, 0.4) is 0 Å². The van der Waals surface area contributed by atoms with Gasteiger partial charge >= 0.3 is 0 Å². The molecule has 0 aromatic carbocycles. The maximum Gasteiger partial charge on any atom is 0.279 e. The van der Waals surface area contributed by atoms with Crippen LogP contribution in [0.1, 0.15) is 0 Å². The number of hydrogen-bond acceptors (Lipinski definition) is 3. The fraction of sp³-hybridized carbons (Fsp3) is 0. The van der Waals surface area contributed by atoms with Crippen LogP contribution in [-0.4, -0.2) is 19.6 Å². The normalized spacial score (nSPS) is 11.1. The van der Waals surface area contributed by atoms with Gasteiger partial charge in [0.05, 0.1) is 11.8 Å². The smallest absolute Gasteiger partial charge is 0.279 e. The van der Waals surface area contributed by atoms with Crippen LogP contribution in [0.4, 0.5) is 0 Å². The first-order chi connectivity index (χ1) is 6.86. The number of rotatable bonds is 0. The minimum Gasteiger partial charge on any atom is -0.311 e. The molecule has 3 aromatic rings. The van der Waals surface area contributed by atoms with Crippen LogP contribution in [-0.2, 0) is 0 Å². The van der Waals surface area contributed by atoms with E-state index in [1.807, 2.05) is 18.2 Å². The van der Waals surface area contributed by atoms with E-state index in [-0.39, 0.29) is 5.56 Å². The quantitative estimate of drug-likeness (QED) is 0.558. The van der Waals surface area contributed by atoms with Crippen LogP contribution in [0.5, 0.6) is 0 Å². The van der Waals surface area contributed by atoms with Crippen molar-refractivity contribution in [3.63, 3.8) is 0 Å². The maximum absolute atomic E-state index is 11.4. The number of nitrogens with zero attached hydrogens (tertiary/aromatic N) is 3. The summed E-state index contributed by atoms with van der Waals surface area (Å²) in [5.74, 6) is 0. The SMILES string of the molecule is O=c1[nH]cnc2c1nn1ccccc21. The molecule has 0 unspecified atom stereocenters. The van der Waals surface area contributed by atoms with Crippen molar-refractivity contribution in [1.29, 1.82) is 0 Å². The minimum absolute atomic E-state index is 0.210. The topological polar surface area (TPSA) is 63.0 Å². The zero-order valence-electron chi connectivity index (χ0n) is 7.14. The van der Waals surface area contributed by atoms with Gasteiger partial charge in [-0.25, -0.2) is 9.50 Å². The van der Waals surface area contributed by atoms with E-state index in [1.165, 1.54) is 6.33 Å². The highest BCUT2D eigenvalue weighted by Crippen LogP contribution is 2.11. The van der Waals surface area contributed by atoms with Crippen molar-refractivity contribution in [2.24, 2.45) is 0 Å². The number of aromatic nitrogens is 4. The molecule has 0 spiro atoms. The molecule has 0 amide bonds. The van der Waals surface area contributed by atoms with Gasteiger partial charge in [0.2, 0.25) is 0 Å². The van der Waals surface area contributed by atoms with Crippen molar-refractivity contribution in [3.8, 4) is 0 Å². The molecule has 3 rings (SSSR count). The van der Waals surface area contributed by atoms with Crippen molar-refractivity contribution < 1.29 is 0 Å². The molecule has 0 fully saturated rings. The van der Waals surface area contributed by atoms with Crippen molar-refractivity contribution in [2.75, 3.05) is 0 Å². The molecule has 3 heterocycles. The summed E-state index contributed by atoms with van der Waals surface area (Å²) in [6.45, 7) is 0. The van der Waals surface area contributed by atoms with Crippen molar-refractivity contribution in [1.82, 2.24) is 19.6 Å². The number of fused-ring (bicyclic) bond motifs is 3. The molecule has 0 aliphatic carbocycles. The average molecular weight is 186 g/mol. The molecule has 5 heteroatoms. The van der Waals surface area contributed by atoms with E-state index in [9.17, 15) is 4.79 Å². The van der Waals surface area contributed by atoms with Gasteiger partial charge in [-0.05, 0) is 12.1 Å². The number of hydrogen-bond donors (Lipinski definition) is 1. The highest BCUT2D eigenvalue weighted by Gasteiger charge is 2.07. The third kappa shape index (κ3) is 0.806. The maximum atomic E-state index is 11.4. The van der Waals surface area contributed by atoms with Crippen LogP contribution < -0.4 is 5.56 Å². The molecule has 0 saturated carbocycles. The summed E-state index contributed by atoms with van der Waals surface area (Å²) >= 11 is 0. The summed E-state index contributed by atoms with van der Waals surface area (Å²) in [4.78, 5) is 18.0. The summed E-state index contributed by atoms with van der Waals surface area (Å²) in [5.41, 5.74) is 1.64. The number of pyridine rings is 1. The summed E-state index contributed by atoms with van der Waals surface area (Å²) < 4.78 is 1.65. The van der Waals surface area contributed by atoms with E-state index in [0.717, 1.165) is 5.52 Å². The fourth-order valence-corrected chi connectivity index (χ4v) is 1.49. The molecule has 0 aliphatic heterocycles. The van der Waals surface area contributed by atoms with E-state index in [4.69, 9.17) is 0 Å². The van der Waals surface area contributed by atoms with E-state index in [2.05, 4.69) is 15.1 Å². The Labute approximate surface area is 78.0 Å². The molecule has 0 radical (unpaired) electrons. The summed E-state index contributed by atoms with van der Waals surface area (Å²) in [7, 11) is 0. The summed E-state index contributed by atoms with van der Waals surface area (Å²) in [6.07, 6.45) is 3.18. The van der Waals surface area contributed by atoms with Crippen molar-refractivity contribution in [3.05, 3.63) is 41.1 Å². The molecule has 68 valence electrons. The van der Waals surface area contributed by atoms with Crippen LogP contribution in [0.25, 0.3) is 16.6 Å². The standard InChI is InChI=1S/C9H6N4O/c14-9-8-7(10-5-11-9)6-3-1-2-4-13(6)12-8/h1-5H,(H,10,11,14). The minimum atomic E-state index is -0.210. The molecule has 0 bridgehead atoms. The molecule has 5 nitrogen and oxygen atoms in total. The van der Waals surface area contributed by atoms with Crippen LogP contribution in [0.2, 0.25) is 0 Å². The Morgan fingerprint density at radius 2 is 2.21 bits per heavy atom. The first-order valence-electron chi connectivity index (χ1n) is 4.17. The Morgan fingerprint density at radius 1 is 1.29 bits per heavy atom. The lowest BCUT2D eigenvalue weighted by molar-refractivity contribution is 0.975. The average Bonchev–Trinajstić information content (AvgIpc) is 2.59. The second-order valence-electron chi connectivity index (χ2n) is 2.96. The van der Waals surface area contributed by atoms with Gasteiger partial charge in [0.1, 0.15) is 5.52 Å². The molecule has 1 N–H and O–H groups in total. The van der Waals surface area contributed by atoms with E-state index >= 15 is 0 Å². The first-order valence-corrected chi connectivity index (χ1v) is 4.17. The lowest BCUT2D eigenvalue weighted by Crippen LogP contribution is -2.05. The predicted octanol–water partition coefficient (Wildman–Crippen LogP) is 0.571. The lowest BCUT2D eigenvalue weighted by atomic mass is 10.3. The van der Waals surface area contributed by atoms with Gasteiger partial charge in [0, 0.05) is 6.20 Å². The Balaban J connectivity index is 2.70. The van der Waals surface area contributed by atoms with E-state index < -0.39 is 0 Å². The third-order valence-corrected chi connectivity index (χ3v) is 2.12. The van der Waals surface area contributed by atoms with E-state index in [0.29, 0.717) is 11.0 Å². The highest BCUT2D eigenvalue weighted by atomic mass is 16.1. The Bertz CT molecular complexity index is 667. The Morgan fingerprint density at radius 3 is 3.14 bits per heavy atom. The van der Waals surface area contributed by atoms with Crippen molar-refractivity contribution >= 4 is 16.6 Å². The molecule has 0 saturated heterocycles. The van der Waals surface area contributed by atoms with Gasteiger partial charge in [-0.1, -0.05) is 6.07 Å². The first kappa shape index (κ1) is 7.25. The zero-order chi connectivity index (χ0) is 9.54. The fourth-order valence-electron chi connectivity index (χ4n) is 1.49. The molecular formula is C9H6N4O. The van der Waals surface area contributed by atoms with Gasteiger partial charge in [0.25, 0.3) is 5.56 Å². The largest absolute Gasteiger partial charge is 0.311 e. The van der Waals surface area contributed by atoms with E-state index in [1.54, 1.807) is 10.7 Å². The van der Waals surface area contributed by atoms with Gasteiger partial charge in [-0.15, -0.1) is 0 Å². The monoisotopic (exact) mass is 186 g/mol. The van der Waals surface area contributed by atoms with Gasteiger partial charge in [-0.2, -0.15) is 5.10 Å². The molecule has 0 aliphatic rings. The number of aromatic amines is 1. The second kappa shape index (κ2) is 2.41. The van der Waals surface area contributed by atoms with Crippen LogP contribution >= 0.6 is 0 Å². The third-order valence-electron chi connectivity index (χ3n) is 2.12. The number of nitrogens with one attached hydrogen (secondary N) is 1. The molecular weight excluding hydrogens is 180 g/mol. The second-order valence-corrected chi connectivity index (χ2v) is 2.96. The zero-order valence-corrected chi connectivity index (χ0v) is 7.14. The van der Waals surface area contributed by atoms with Crippen molar-refractivity contribution in [2.45, 2.75) is 0 Å². The highest BCUT2D eigenvalue weighted by molar-refractivity contribution is 5.89. The molecule has 14 heavy (non-hydrogen) atoms. The lowest BCUT2D eigenvalue weighted by Gasteiger charge is -1.88. The number of H-pyrrole nitrogens is 1. The Hall–Kier alpha value is -2.17. The Kier molecular flexibility index (Phi) is 1.25.